The maximum absolute atomic E-state index is 12.7. The zero-order valence-electron chi connectivity index (χ0n) is 17.7. The fourth-order valence-corrected chi connectivity index (χ4v) is 3.89. The average Bonchev–Trinajstić information content (AvgIpc) is 3.41. The van der Waals surface area contributed by atoms with Crippen LogP contribution in [0.2, 0.25) is 0 Å². The van der Waals surface area contributed by atoms with E-state index in [1.54, 1.807) is 6.07 Å². The van der Waals surface area contributed by atoms with E-state index >= 15 is 0 Å². The third-order valence-corrected chi connectivity index (χ3v) is 5.48. The van der Waals surface area contributed by atoms with Crippen LogP contribution in [0.15, 0.2) is 22.9 Å². The molecule has 2 aromatic rings. The van der Waals surface area contributed by atoms with Crippen LogP contribution >= 0.6 is 0 Å². The summed E-state index contributed by atoms with van der Waals surface area (Å²) < 4.78 is 39.0. The third kappa shape index (κ3) is 6.09. The molecule has 0 bridgehead atoms. The Hall–Kier alpha value is -2.89. The number of aryl methyl sites for hydroxylation is 1. The zero-order valence-corrected chi connectivity index (χ0v) is 17.7. The van der Waals surface area contributed by atoms with Crippen LogP contribution in [0.5, 0.6) is 0 Å². The Morgan fingerprint density at radius 1 is 1.25 bits per heavy atom. The number of amides is 1. The number of carboxylic acids is 1. The number of halogens is 3. The molecule has 32 heavy (non-hydrogen) atoms. The van der Waals surface area contributed by atoms with Crippen molar-refractivity contribution in [3.05, 3.63) is 35.5 Å². The van der Waals surface area contributed by atoms with E-state index in [-0.39, 0.29) is 11.9 Å². The van der Waals surface area contributed by atoms with E-state index in [0.29, 0.717) is 18.8 Å². The number of nitrogens with zero attached hydrogens (tertiary/aromatic N) is 5. The number of rotatable bonds is 4. The summed E-state index contributed by atoms with van der Waals surface area (Å²) in [4.78, 5) is 26.0. The number of carbonyl (C=O) groups is 2. The molecule has 4 rings (SSSR count). The minimum Gasteiger partial charge on any atom is -0.475 e. The molecule has 1 atom stereocenters. The van der Waals surface area contributed by atoms with Gasteiger partial charge in [-0.05, 0) is 45.3 Å². The summed E-state index contributed by atoms with van der Waals surface area (Å²) in [7, 11) is 0. The normalized spacial score (nSPS) is 19.1. The summed E-state index contributed by atoms with van der Waals surface area (Å²) in [5.41, 5.74) is 1.81. The van der Waals surface area contributed by atoms with Crippen LogP contribution in [0.25, 0.3) is 0 Å². The van der Waals surface area contributed by atoms with Crippen molar-refractivity contribution in [2.24, 2.45) is 0 Å². The number of piperidine rings is 1. The van der Waals surface area contributed by atoms with Crippen LogP contribution in [0.4, 0.5) is 13.2 Å². The van der Waals surface area contributed by atoms with Crippen LogP contribution < -0.4 is 0 Å². The Bertz CT molecular complexity index is 920. The number of carbonyl (C=O) groups excluding carboxylic acids is 1. The predicted molar refractivity (Wildman–Crippen MR) is 106 cm³/mol. The number of aromatic nitrogens is 3. The van der Waals surface area contributed by atoms with Crippen molar-refractivity contribution in [3.63, 3.8) is 0 Å². The second kappa shape index (κ2) is 10.2. The lowest BCUT2D eigenvalue weighted by atomic mass is 10.1. The molecule has 1 amide bonds. The first-order chi connectivity index (χ1) is 15.1. The van der Waals surface area contributed by atoms with Gasteiger partial charge < -0.3 is 19.4 Å². The Morgan fingerprint density at radius 2 is 1.94 bits per heavy atom. The molecule has 176 valence electrons. The van der Waals surface area contributed by atoms with E-state index in [4.69, 9.17) is 14.4 Å². The lowest BCUT2D eigenvalue weighted by Crippen LogP contribution is -2.42. The minimum absolute atomic E-state index is 0.0870. The molecular weight excluding hydrogens is 431 g/mol. The summed E-state index contributed by atoms with van der Waals surface area (Å²) in [6.45, 7) is 6.51. The van der Waals surface area contributed by atoms with Crippen molar-refractivity contribution >= 4 is 11.9 Å². The first-order valence-electron chi connectivity index (χ1n) is 10.4. The summed E-state index contributed by atoms with van der Waals surface area (Å²) in [5, 5.41) is 15.5. The lowest BCUT2D eigenvalue weighted by molar-refractivity contribution is -0.192. The monoisotopic (exact) mass is 457 g/mol. The maximum atomic E-state index is 12.7. The second-order valence-corrected chi connectivity index (χ2v) is 7.93. The molecule has 9 nitrogen and oxygen atoms in total. The highest BCUT2D eigenvalue weighted by atomic mass is 19.4. The van der Waals surface area contributed by atoms with Gasteiger partial charge in [-0.1, -0.05) is 11.6 Å². The smallest absolute Gasteiger partial charge is 0.475 e. The number of likely N-dealkylation sites (tertiary alicyclic amines) is 1. The van der Waals surface area contributed by atoms with Crippen molar-refractivity contribution in [2.45, 2.75) is 51.4 Å². The molecule has 0 radical (unpaired) electrons. The van der Waals surface area contributed by atoms with E-state index in [1.807, 2.05) is 24.1 Å². The number of alkyl halides is 3. The molecular formula is C20H26F3N5O4. The van der Waals surface area contributed by atoms with Crippen LogP contribution in [-0.2, 0) is 11.3 Å². The number of fused-ring (bicyclic) bond motifs is 1. The fraction of sp³-hybridized carbons (Fsp3) is 0.600. The molecule has 2 aliphatic rings. The molecule has 1 fully saturated rings. The van der Waals surface area contributed by atoms with E-state index in [9.17, 15) is 18.0 Å². The molecule has 0 aromatic carbocycles. The van der Waals surface area contributed by atoms with Crippen molar-refractivity contribution in [1.29, 1.82) is 0 Å². The van der Waals surface area contributed by atoms with Crippen LogP contribution in [0.1, 0.15) is 53.7 Å². The summed E-state index contributed by atoms with van der Waals surface area (Å²) in [6, 6.07) is 3.92. The lowest BCUT2D eigenvalue weighted by Gasteiger charge is -2.35. The quantitative estimate of drug-likeness (QED) is 0.753. The molecule has 0 saturated carbocycles. The Balaban J connectivity index is 0.000000360. The van der Waals surface area contributed by atoms with Crippen LogP contribution in [-0.4, -0.2) is 74.1 Å². The molecule has 2 aliphatic heterocycles. The predicted octanol–water partition coefficient (Wildman–Crippen LogP) is 2.89. The highest BCUT2D eigenvalue weighted by molar-refractivity contribution is 5.91. The van der Waals surface area contributed by atoms with Gasteiger partial charge in [0.1, 0.15) is 0 Å². The number of carboxylic acid groups (broad SMARTS) is 1. The van der Waals surface area contributed by atoms with Gasteiger partial charge >= 0.3 is 12.1 Å². The SMILES string of the molecule is Cc1cc(C(=O)N2Cc3ccnn3C(CCN3CCCCC3)C2)on1.O=C(O)C(F)(F)F. The van der Waals surface area contributed by atoms with Gasteiger partial charge in [0.05, 0.1) is 24.0 Å². The largest absolute Gasteiger partial charge is 0.490 e. The number of hydrogen-bond donors (Lipinski definition) is 1. The van der Waals surface area contributed by atoms with Gasteiger partial charge in [-0.15, -0.1) is 0 Å². The Kier molecular flexibility index (Phi) is 7.54. The van der Waals surface area contributed by atoms with E-state index in [2.05, 4.69) is 19.8 Å². The third-order valence-electron chi connectivity index (χ3n) is 5.48. The minimum atomic E-state index is -5.08. The Labute approximate surface area is 182 Å². The van der Waals surface area contributed by atoms with Crippen molar-refractivity contribution in [1.82, 2.24) is 24.7 Å². The highest BCUT2D eigenvalue weighted by Crippen LogP contribution is 2.25. The maximum Gasteiger partial charge on any atom is 0.490 e. The van der Waals surface area contributed by atoms with Crippen molar-refractivity contribution < 1.29 is 32.4 Å². The van der Waals surface area contributed by atoms with Gasteiger partial charge in [0.15, 0.2) is 0 Å². The van der Waals surface area contributed by atoms with Gasteiger partial charge in [-0.2, -0.15) is 18.3 Å². The molecule has 2 aromatic heterocycles. The van der Waals surface area contributed by atoms with E-state index < -0.39 is 12.1 Å². The standard InChI is InChI=1S/C18H25N5O2.C2HF3O2/c1-14-11-17(25-20-14)18(24)22-12-15-5-7-19-23(15)16(13-22)6-10-21-8-3-2-4-9-21;3-2(4,5)1(6)7/h5,7,11,16H,2-4,6,8-10,12-13H2,1H3;(H,6,7). The van der Waals surface area contributed by atoms with Gasteiger partial charge in [-0.3, -0.25) is 9.48 Å². The van der Waals surface area contributed by atoms with Crippen LogP contribution in [0.3, 0.4) is 0 Å². The van der Waals surface area contributed by atoms with E-state index in [0.717, 1.165) is 24.4 Å². The van der Waals surface area contributed by atoms with Gasteiger partial charge in [0.25, 0.3) is 5.91 Å². The highest BCUT2D eigenvalue weighted by Gasteiger charge is 2.38. The zero-order chi connectivity index (χ0) is 23.3. The summed E-state index contributed by atoms with van der Waals surface area (Å²) in [6.07, 6.45) is 1.70. The van der Waals surface area contributed by atoms with Crippen molar-refractivity contribution in [3.8, 4) is 0 Å². The molecule has 4 heterocycles. The molecule has 12 heteroatoms. The summed E-state index contributed by atoms with van der Waals surface area (Å²) in [5.74, 6) is -2.52. The van der Waals surface area contributed by atoms with Crippen LogP contribution in [0, 0.1) is 6.92 Å². The number of hydrogen-bond acceptors (Lipinski definition) is 6. The van der Waals surface area contributed by atoms with Crippen molar-refractivity contribution in [2.75, 3.05) is 26.2 Å². The van der Waals surface area contributed by atoms with Gasteiger partial charge in [0, 0.05) is 25.4 Å². The number of aliphatic carboxylic acids is 1. The summed E-state index contributed by atoms with van der Waals surface area (Å²) >= 11 is 0. The first kappa shape index (κ1) is 23.8. The molecule has 1 saturated heterocycles. The van der Waals surface area contributed by atoms with E-state index in [1.165, 1.54) is 32.4 Å². The molecule has 1 unspecified atom stereocenters. The topological polar surface area (TPSA) is 105 Å². The molecule has 0 spiro atoms. The average molecular weight is 457 g/mol. The molecule has 0 aliphatic carbocycles. The van der Waals surface area contributed by atoms with Gasteiger partial charge in [-0.25, -0.2) is 4.79 Å². The first-order valence-corrected chi connectivity index (χ1v) is 10.4. The van der Waals surface area contributed by atoms with Gasteiger partial charge in [0.2, 0.25) is 5.76 Å². The fourth-order valence-electron chi connectivity index (χ4n) is 3.89. The second-order valence-electron chi connectivity index (χ2n) is 7.93. The molecule has 1 N–H and O–H groups in total. The Morgan fingerprint density at radius 3 is 2.53 bits per heavy atom.